The summed E-state index contributed by atoms with van der Waals surface area (Å²) in [4.78, 5) is 0. The lowest BCUT2D eigenvalue weighted by Crippen LogP contribution is -2.41. The lowest BCUT2D eigenvalue weighted by molar-refractivity contribution is -0.0645. The van der Waals surface area contributed by atoms with Crippen molar-refractivity contribution in [3.8, 4) is 0 Å². The van der Waals surface area contributed by atoms with Gasteiger partial charge in [-0.3, -0.25) is 0 Å². The maximum Gasteiger partial charge on any atom is 0.0569 e. The third kappa shape index (κ3) is 2.76. The molecule has 3 heteroatoms. The maximum absolute atomic E-state index is 9.58. The highest BCUT2D eigenvalue weighted by atomic mass is 16.5. The van der Waals surface area contributed by atoms with Crippen LogP contribution in [0.25, 0.3) is 0 Å². The van der Waals surface area contributed by atoms with Gasteiger partial charge in [-0.2, -0.15) is 0 Å². The minimum Gasteiger partial charge on any atom is -0.396 e. The standard InChI is InChI=1S/C13H24O3/c14-8-13(9-15,12-3-1-2-4-12)10-16-7-11-5-6-11/h11-12,14-15H,1-10H2. The third-order valence-electron chi connectivity index (χ3n) is 4.29. The fraction of sp³-hybridized carbons (Fsp3) is 1.00. The lowest BCUT2D eigenvalue weighted by Gasteiger charge is -2.35. The molecule has 0 spiro atoms. The second-order valence-corrected chi connectivity index (χ2v) is 5.62. The largest absolute Gasteiger partial charge is 0.396 e. The van der Waals surface area contributed by atoms with Crippen LogP contribution in [0.2, 0.25) is 0 Å². The van der Waals surface area contributed by atoms with Crippen molar-refractivity contribution in [3.63, 3.8) is 0 Å². The van der Waals surface area contributed by atoms with E-state index >= 15 is 0 Å². The van der Waals surface area contributed by atoms with E-state index in [2.05, 4.69) is 0 Å². The molecule has 2 aliphatic rings. The molecular formula is C13H24O3. The van der Waals surface area contributed by atoms with Gasteiger partial charge in [0.2, 0.25) is 0 Å². The van der Waals surface area contributed by atoms with Crippen molar-refractivity contribution in [1.82, 2.24) is 0 Å². The molecule has 16 heavy (non-hydrogen) atoms. The molecule has 2 saturated carbocycles. The van der Waals surface area contributed by atoms with E-state index in [0.29, 0.717) is 12.5 Å². The van der Waals surface area contributed by atoms with Gasteiger partial charge in [0, 0.05) is 12.0 Å². The van der Waals surface area contributed by atoms with E-state index in [1.807, 2.05) is 0 Å². The third-order valence-corrected chi connectivity index (χ3v) is 4.29. The number of rotatable bonds is 7. The monoisotopic (exact) mass is 228 g/mol. The molecule has 0 radical (unpaired) electrons. The van der Waals surface area contributed by atoms with E-state index in [-0.39, 0.29) is 18.6 Å². The first kappa shape index (κ1) is 12.3. The van der Waals surface area contributed by atoms with Crippen LogP contribution in [0.15, 0.2) is 0 Å². The molecule has 2 fully saturated rings. The summed E-state index contributed by atoms with van der Waals surface area (Å²) in [5, 5.41) is 19.2. The average Bonchev–Trinajstić information content (AvgIpc) is 2.96. The van der Waals surface area contributed by atoms with Gasteiger partial charge in [-0.05, 0) is 37.5 Å². The van der Waals surface area contributed by atoms with Crippen LogP contribution in [0.3, 0.4) is 0 Å². The van der Waals surface area contributed by atoms with Crippen molar-refractivity contribution < 1.29 is 14.9 Å². The summed E-state index contributed by atoms with van der Waals surface area (Å²) in [6, 6.07) is 0. The van der Waals surface area contributed by atoms with E-state index in [1.165, 1.54) is 25.7 Å². The Hall–Kier alpha value is -0.120. The predicted molar refractivity (Wildman–Crippen MR) is 62.1 cm³/mol. The molecule has 0 saturated heterocycles. The zero-order valence-corrected chi connectivity index (χ0v) is 10.0. The van der Waals surface area contributed by atoms with Crippen LogP contribution in [0, 0.1) is 17.3 Å². The highest BCUT2D eigenvalue weighted by Gasteiger charge is 2.40. The fourth-order valence-corrected chi connectivity index (χ4v) is 2.77. The molecule has 0 atom stereocenters. The van der Waals surface area contributed by atoms with E-state index in [9.17, 15) is 10.2 Å². The van der Waals surface area contributed by atoms with Gasteiger partial charge < -0.3 is 14.9 Å². The first-order valence-electron chi connectivity index (χ1n) is 6.60. The van der Waals surface area contributed by atoms with Crippen LogP contribution in [0.5, 0.6) is 0 Å². The normalized spacial score (nSPS) is 22.9. The topological polar surface area (TPSA) is 49.7 Å². The molecule has 0 bridgehead atoms. The Morgan fingerprint density at radius 3 is 2.12 bits per heavy atom. The molecule has 0 aromatic carbocycles. The van der Waals surface area contributed by atoms with E-state index in [1.54, 1.807) is 0 Å². The number of ether oxygens (including phenoxy) is 1. The van der Waals surface area contributed by atoms with Crippen molar-refractivity contribution >= 4 is 0 Å². The minimum absolute atomic E-state index is 0.0544. The average molecular weight is 228 g/mol. The molecule has 0 heterocycles. The number of aliphatic hydroxyl groups is 2. The quantitative estimate of drug-likeness (QED) is 0.695. The molecule has 0 aromatic heterocycles. The summed E-state index contributed by atoms with van der Waals surface area (Å²) >= 11 is 0. The Morgan fingerprint density at radius 2 is 1.62 bits per heavy atom. The first-order chi connectivity index (χ1) is 7.80. The van der Waals surface area contributed by atoms with Crippen LogP contribution >= 0.6 is 0 Å². The summed E-state index contributed by atoms with van der Waals surface area (Å²) in [5.41, 5.74) is -0.384. The Labute approximate surface area is 97.8 Å². The van der Waals surface area contributed by atoms with Crippen molar-refractivity contribution in [2.45, 2.75) is 38.5 Å². The van der Waals surface area contributed by atoms with Crippen LogP contribution in [0.1, 0.15) is 38.5 Å². The van der Waals surface area contributed by atoms with E-state index < -0.39 is 0 Å². The van der Waals surface area contributed by atoms with Gasteiger partial charge in [0.05, 0.1) is 19.8 Å². The summed E-state index contributed by atoms with van der Waals surface area (Å²) in [6.45, 7) is 1.45. The van der Waals surface area contributed by atoms with Gasteiger partial charge in [0.25, 0.3) is 0 Å². The predicted octanol–water partition coefficient (Wildman–Crippen LogP) is 1.57. The highest BCUT2D eigenvalue weighted by Crippen LogP contribution is 2.40. The molecular weight excluding hydrogens is 204 g/mol. The molecule has 94 valence electrons. The van der Waals surface area contributed by atoms with Gasteiger partial charge in [0.1, 0.15) is 0 Å². The maximum atomic E-state index is 9.58. The van der Waals surface area contributed by atoms with E-state index in [0.717, 1.165) is 25.4 Å². The minimum atomic E-state index is -0.384. The molecule has 0 aliphatic heterocycles. The molecule has 0 unspecified atom stereocenters. The van der Waals surface area contributed by atoms with E-state index in [4.69, 9.17) is 4.74 Å². The SMILES string of the molecule is OCC(CO)(COCC1CC1)C1CCCC1. The van der Waals surface area contributed by atoms with Crippen molar-refractivity contribution in [3.05, 3.63) is 0 Å². The second kappa shape index (κ2) is 5.48. The summed E-state index contributed by atoms with van der Waals surface area (Å²) < 4.78 is 5.70. The Balaban J connectivity index is 1.84. The van der Waals surface area contributed by atoms with Gasteiger partial charge in [-0.15, -0.1) is 0 Å². The number of hydrogen-bond donors (Lipinski definition) is 2. The zero-order valence-electron chi connectivity index (χ0n) is 10.0. The molecule has 2 aliphatic carbocycles. The van der Waals surface area contributed by atoms with Crippen molar-refractivity contribution in [2.75, 3.05) is 26.4 Å². The molecule has 0 aromatic rings. The molecule has 2 N–H and O–H groups in total. The fourth-order valence-electron chi connectivity index (χ4n) is 2.77. The van der Waals surface area contributed by atoms with Gasteiger partial charge in [-0.1, -0.05) is 12.8 Å². The van der Waals surface area contributed by atoms with Crippen LogP contribution in [-0.2, 0) is 4.74 Å². The second-order valence-electron chi connectivity index (χ2n) is 5.62. The number of hydrogen-bond acceptors (Lipinski definition) is 3. The van der Waals surface area contributed by atoms with Crippen molar-refractivity contribution in [2.24, 2.45) is 17.3 Å². The van der Waals surface area contributed by atoms with Gasteiger partial charge in [-0.25, -0.2) is 0 Å². The lowest BCUT2D eigenvalue weighted by atomic mass is 9.76. The van der Waals surface area contributed by atoms with Crippen molar-refractivity contribution in [1.29, 1.82) is 0 Å². The Morgan fingerprint density at radius 1 is 1.00 bits per heavy atom. The van der Waals surface area contributed by atoms with Crippen LogP contribution in [0.4, 0.5) is 0 Å². The summed E-state index contributed by atoms with van der Waals surface area (Å²) in [5.74, 6) is 1.19. The summed E-state index contributed by atoms with van der Waals surface area (Å²) in [6.07, 6.45) is 7.30. The van der Waals surface area contributed by atoms with Gasteiger partial charge >= 0.3 is 0 Å². The van der Waals surface area contributed by atoms with Gasteiger partial charge in [0.15, 0.2) is 0 Å². The van der Waals surface area contributed by atoms with Crippen LogP contribution < -0.4 is 0 Å². The zero-order chi connectivity index (χ0) is 11.4. The Kier molecular flexibility index (Phi) is 4.22. The Bertz CT molecular complexity index is 203. The molecule has 3 nitrogen and oxygen atoms in total. The smallest absolute Gasteiger partial charge is 0.0569 e. The molecule has 0 amide bonds. The van der Waals surface area contributed by atoms with Crippen LogP contribution in [-0.4, -0.2) is 36.6 Å². The highest BCUT2D eigenvalue weighted by molar-refractivity contribution is 4.88. The summed E-state index contributed by atoms with van der Waals surface area (Å²) in [7, 11) is 0. The number of aliphatic hydroxyl groups excluding tert-OH is 2. The first-order valence-corrected chi connectivity index (χ1v) is 6.60. The molecule has 2 rings (SSSR count).